The molecule has 1 saturated heterocycles. The summed E-state index contributed by atoms with van der Waals surface area (Å²) in [7, 11) is 5.16. The van der Waals surface area contributed by atoms with E-state index in [0.29, 0.717) is 12.2 Å². The molecule has 2 N–H and O–H groups in total. The number of rotatable bonds is 6. The van der Waals surface area contributed by atoms with Gasteiger partial charge >= 0.3 is 8.80 Å². The monoisotopic (exact) mass is 290 g/mol. The number of hydrogen-bond acceptors (Lipinski definition) is 5. The number of epoxide rings is 1. The van der Waals surface area contributed by atoms with Crippen LogP contribution in [0.3, 0.4) is 0 Å². The quantitative estimate of drug-likeness (QED) is 0.580. The maximum atomic E-state index is 5.54. The van der Waals surface area contributed by atoms with Crippen LogP contribution in [-0.2, 0) is 18.0 Å². The first kappa shape index (κ1) is 16.3. The van der Waals surface area contributed by atoms with Crippen molar-refractivity contribution in [2.24, 2.45) is 11.3 Å². The van der Waals surface area contributed by atoms with E-state index in [2.05, 4.69) is 15.8 Å². The standard InChI is InChI=1S/C11H22O4Si.H2NSi/c1-12-16(13-2,14-3)7-6-9-4-5-10-11(8-9)15-10;1-2/h9-11H,4-8H2,1-3H3;1H2. The number of hydrogen-bond donors (Lipinski definition) is 1. The molecule has 2 rings (SSSR count). The summed E-state index contributed by atoms with van der Waals surface area (Å²) >= 11 is 0. The summed E-state index contributed by atoms with van der Waals surface area (Å²) in [6, 6.07) is 0.915. The second-order valence-corrected chi connectivity index (χ2v) is 7.82. The first-order chi connectivity index (χ1) is 8.73. The number of fused-ring (bicyclic) bond motifs is 1. The summed E-state index contributed by atoms with van der Waals surface area (Å²) in [6.07, 6.45) is 6.01. The van der Waals surface area contributed by atoms with Gasteiger partial charge in [0.1, 0.15) is 10.4 Å². The molecular weight excluding hydrogens is 266 g/mol. The van der Waals surface area contributed by atoms with Gasteiger partial charge in [-0.05, 0) is 31.6 Å². The summed E-state index contributed by atoms with van der Waals surface area (Å²) in [5.74, 6) is 0.760. The molecule has 0 bridgehead atoms. The summed E-state index contributed by atoms with van der Waals surface area (Å²) in [4.78, 5) is 0. The third-order valence-corrected chi connectivity index (χ3v) is 6.67. The SMILES string of the molecule is CO[Si](CCC1CCC2OC2C1)(OC)OC.N[Si]. The Kier molecular flexibility index (Phi) is 7.00. The summed E-state index contributed by atoms with van der Waals surface area (Å²) in [6.45, 7) is 0. The lowest BCUT2D eigenvalue weighted by Crippen LogP contribution is -2.43. The van der Waals surface area contributed by atoms with Crippen molar-refractivity contribution in [3.8, 4) is 0 Å². The van der Waals surface area contributed by atoms with Crippen LogP contribution in [0.15, 0.2) is 0 Å². The van der Waals surface area contributed by atoms with Crippen molar-refractivity contribution in [3.05, 3.63) is 0 Å². The van der Waals surface area contributed by atoms with Crippen LogP contribution in [0.1, 0.15) is 25.7 Å². The lowest BCUT2D eigenvalue weighted by Gasteiger charge is -2.27. The van der Waals surface area contributed by atoms with Gasteiger partial charge in [-0.1, -0.05) is 0 Å². The van der Waals surface area contributed by atoms with E-state index in [-0.39, 0.29) is 0 Å². The molecule has 18 heavy (non-hydrogen) atoms. The zero-order valence-corrected chi connectivity index (χ0v) is 13.5. The maximum absolute atomic E-state index is 5.54. The Labute approximate surface area is 114 Å². The second kappa shape index (κ2) is 7.73. The van der Waals surface area contributed by atoms with E-state index < -0.39 is 8.80 Å². The summed E-state index contributed by atoms with van der Waals surface area (Å²) < 4.78 is 21.8. The van der Waals surface area contributed by atoms with Crippen molar-refractivity contribution in [1.82, 2.24) is 0 Å². The molecule has 2 aliphatic rings. The second-order valence-electron chi connectivity index (χ2n) is 4.73. The molecule has 1 aliphatic heterocycles. The fourth-order valence-electron chi connectivity index (χ4n) is 2.69. The molecule has 2 fully saturated rings. The molecule has 0 aromatic rings. The molecule has 1 heterocycles. The minimum Gasteiger partial charge on any atom is -0.377 e. The minimum absolute atomic E-state index is 0.558. The van der Waals surface area contributed by atoms with Crippen molar-refractivity contribution in [1.29, 1.82) is 0 Å². The number of ether oxygens (including phenoxy) is 1. The number of nitrogens with two attached hydrogens (primary N) is 1. The van der Waals surface area contributed by atoms with Crippen LogP contribution in [0, 0.1) is 5.92 Å². The van der Waals surface area contributed by atoms with Crippen molar-refractivity contribution in [3.63, 3.8) is 0 Å². The molecule has 3 atom stereocenters. The average molecular weight is 290 g/mol. The van der Waals surface area contributed by atoms with Gasteiger partial charge in [0.2, 0.25) is 0 Å². The van der Waals surface area contributed by atoms with Crippen LogP contribution >= 0.6 is 0 Å². The molecule has 7 heteroatoms. The van der Waals surface area contributed by atoms with Gasteiger partial charge in [-0.3, -0.25) is 0 Å². The molecule has 3 radical (unpaired) electrons. The van der Waals surface area contributed by atoms with Gasteiger partial charge in [0.05, 0.1) is 12.2 Å². The molecule has 3 unspecified atom stereocenters. The fraction of sp³-hybridized carbons (Fsp3) is 1.00. The van der Waals surface area contributed by atoms with Crippen LogP contribution in [-0.4, -0.2) is 52.7 Å². The molecule has 0 spiro atoms. The third-order valence-electron chi connectivity index (χ3n) is 3.90. The fourth-order valence-corrected chi connectivity index (χ4v) is 4.56. The van der Waals surface area contributed by atoms with E-state index in [1.807, 2.05) is 0 Å². The Morgan fingerprint density at radius 1 is 1.11 bits per heavy atom. The zero-order valence-electron chi connectivity index (χ0n) is 11.5. The molecule has 5 nitrogen and oxygen atoms in total. The predicted molar refractivity (Wildman–Crippen MR) is 72.1 cm³/mol. The van der Waals surface area contributed by atoms with Gasteiger partial charge in [-0.15, -0.1) is 0 Å². The van der Waals surface area contributed by atoms with Crippen molar-refractivity contribution in [2.75, 3.05) is 21.3 Å². The van der Waals surface area contributed by atoms with E-state index in [4.69, 9.17) is 18.0 Å². The smallest absolute Gasteiger partial charge is 0.377 e. The van der Waals surface area contributed by atoms with E-state index >= 15 is 0 Å². The zero-order chi connectivity index (χ0) is 13.6. The molecule has 1 aliphatic carbocycles. The highest BCUT2D eigenvalue weighted by atomic mass is 28.4. The van der Waals surface area contributed by atoms with Crippen LogP contribution < -0.4 is 5.40 Å². The van der Waals surface area contributed by atoms with E-state index in [9.17, 15) is 0 Å². The average Bonchev–Trinajstić information content (AvgIpc) is 3.22. The largest absolute Gasteiger partial charge is 0.500 e. The first-order valence-electron chi connectivity index (χ1n) is 6.33. The molecule has 0 aromatic heterocycles. The van der Waals surface area contributed by atoms with E-state index in [1.54, 1.807) is 21.3 Å². The normalized spacial score (nSPS) is 30.2. The van der Waals surface area contributed by atoms with Crippen LogP contribution in [0.5, 0.6) is 0 Å². The van der Waals surface area contributed by atoms with E-state index in [1.165, 1.54) is 19.3 Å². The Morgan fingerprint density at radius 2 is 1.72 bits per heavy atom. The Morgan fingerprint density at radius 3 is 2.22 bits per heavy atom. The van der Waals surface area contributed by atoms with Crippen molar-refractivity contribution >= 4 is 19.2 Å². The van der Waals surface area contributed by atoms with Gasteiger partial charge in [-0.2, -0.15) is 0 Å². The molecule has 105 valence electrons. The predicted octanol–water partition coefficient (Wildman–Crippen LogP) is 0.851. The lowest BCUT2D eigenvalue weighted by molar-refractivity contribution is 0.120. The minimum atomic E-state index is -2.35. The van der Waals surface area contributed by atoms with Crippen molar-refractivity contribution < 1.29 is 18.0 Å². The molecule has 0 amide bonds. The van der Waals surface area contributed by atoms with E-state index in [0.717, 1.165) is 18.4 Å². The third kappa shape index (κ3) is 4.12. The van der Waals surface area contributed by atoms with Gasteiger partial charge in [0.15, 0.2) is 0 Å². The van der Waals surface area contributed by atoms with Gasteiger partial charge in [0.25, 0.3) is 0 Å². The lowest BCUT2D eigenvalue weighted by atomic mass is 9.88. The van der Waals surface area contributed by atoms with Crippen LogP contribution in [0.4, 0.5) is 0 Å². The van der Waals surface area contributed by atoms with Crippen LogP contribution in [0.25, 0.3) is 0 Å². The Bertz CT molecular complexity index is 233. The Balaban J connectivity index is 0.000000771. The van der Waals surface area contributed by atoms with Crippen molar-refractivity contribution in [2.45, 2.75) is 43.9 Å². The highest BCUT2D eigenvalue weighted by Gasteiger charge is 2.45. The maximum Gasteiger partial charge on any atom is 0.500 e. The van der Waals surface area contributed by atoms with Gasteiger partial charge in [-0.25, -0.2) is 0 Å². The molecule has 1 saturated carbocycles. The Hall–Kier alpha value is 0.234. The highest BCUT2D eigenvalue weighted by molar-refractivity contribution is 6.60. The molecular formula is C11H24NO4Si2. The van der Waals surface area contributed by atoms with Gasteiger partial charge < -0.3 is 23.4 Å². The topological polar surface area (TPSA) is 66.2 Å². The molecule has 0 aromatic carbocycles. The van der Waals surface area contributed by atoms with Crippen LogP contribution in [0.2, 0.25) is 6.04 Å². The summed E-state index contributed by atoms with van der Waals surface area (Å²) in [5.41, 5.74) is 0. The first-order valence-corrected chi connectivity index (χ1v) is 8.83. The summed E-state index contributed by atoms with van der Waals surface area (Å²) in [5, 5.41) is 4.31. The van der Waals surface area contributed by atoms with Gasteiger partial charge in [0, 0.05) is 27.4 Å². The highest BCUT2D eigenvalue weighted by Crippen LogP contribution is 2.41.